The van der Waals surface area contributed by atoms with Crippen LogP contribution in [0.25, 0.3) is 0 Å². The fourth-order valence-electron chi connectivity index (χ4n) is 2.79. The molecule has 2 aromatic carbocycles. The molecule has 1 aliphatic rings. The predicted octanol–water partition coefficient (Wildman–Crippen LogP) is 4.58. The zero-order valence-corrected chi connectivity index (χ0v) is 13.1. The third-order valence-electron chi connectivity index (χ3n) is 3.93. The van der Waals surface area contributed by atoms with Gasteiger partial charge in [-0.1, -0.05) is 30.8 Å². The van der Waals surface area contributed by atoms with E-state index in [0.717, 1.165) is 17.0 Å². The fourth-order valence-corrected chi connectivity index (χ4v) is 3.83. The molecule has 2 aromatic rings. The Morgan fingerprint density at radius 3 is 2.86 bits per heavy atom. The SMILES string of the molecule is CCNCc1c(F)cccc1Sc1ccc2c(c1)CCC2. The van der Waals surface area contributed by atoms with Gasteiger partial charge in [-0.25, -0.2) is 4.39 Å². The van der Waals surface area contributed by atoms with Gasteiger partial charge in [0.2, 0.25) is 0 Å². The van der Waals surface area contributed by atoms with Crippen molar-refractivity contribution < 1.29 is 4.39 Å². The first kappa shape index (κ1) is 14.6. The molecule has 0 unspecified atom stereocenters. The van der Waals surface area contributed by atoms with Gasteiger partial charge in [0.15, 0.2) is 0 Å². The van der Waals surface area contributed by atoms with Crippen molar-refractivity contribution in [3.05, 3.63) is 58.9 Å². The number of rotatable bonds is 5. The van der Waals surface area contributed by atoms with Crippen LogP contribution in [0.4, 0.5) is 4.39 Å². The second-order valence-corrected chi connectivity index (χ2v) is 6.50. The van der Waals surface area contributed by atoms with Gasteiger partial charge in [-0.3, -0.25) is 0 Å². The summed E-state index contributed by atoms with van der Waals surface area (Å²) in [6, 6.07) is 12.0. The monoisotopic (exact) mass is 301 g/mol. The average Bonchev–Trinajstić information content (AvgIpc) is 2.94. The summed E-state index contributed by atoms with van der Waals surface area (Å²) in [5, 5.41) is 3.22. The van der Waals surface area contributed by atoms with Gasteiger partial charge < -0.3 is 5.32 Å². The van der Waals surface area contributed by atoms with E-state index in [2.05, 4.69) is 23.5 Å². The third kappa shape index (κ3) is 3.30. The maximum absolute atomic E-state index is 14.0. The molecule has 0 amide bonds. The van der Waals surface area contributed by atoms with Gasteiger partial charge in [-0.15, -0.1) is 0 Å². The summed E-state index contributed by atoms with van der Waals surface area (Å²) >= 11 is 1.66. The molecular formula is C18H20FNS. The lowest BCUT2D eigenvalue weighted by molar-refractivity contribution is 0.586. The highest BCUT2D eigenvalue weighted by molar-refractivity contribution is 7.99. The molecule has 21 heavy (non-hydrogen) atoms. The first-order valence-corrected chi connectivity index (χ1v) is 8.37. The highest BCUT2D eigenvalue weighted by atomic mass is 32.2. The minimum absolute atomic E-state index is 0.123. The Labute approximate surface area is 130 Å². The van der Waals surface area contributed by atoms with E-state index in [4.69, 9.17) is 0 Å². The molecule has 3 heteroatoms. The number of halogens is 1. The maximum Gasteiger partial charge on any atom is 0.128 e. The molecule has 110 valence electrons. The summed E-state index contributed by atoms with van der Waals surface area (Å²) in [6.07, 6.45) is 3.64. The quantitative estimate of drug-likeness (QED) is 0.868. The lowest BCUT2D eigenvalue weighted by Gasteiger charge is -2.11. The topological polar surface area (TPSA) is 12.0 Å². The second-order valence-electron chi connectivity index (χ2n) is 5.38. The van der Waals surface area contributed by atoms with Gasteiger partial charge in [0.25, 0.3) is 0 Å². The Hall–Kier alpha value is -1.32. The van der Waals surface area contributed by atoms with Crippen molar-refractivity contribution in [2.45, 2.75) is 42.5 Å². The molecule has 0 aromatic heterocycles. The van der Waals surface area contributed by atoms with Crippen LogP contribution in [-0.4, -0.2) is 6.54 Å². The molecule has 0 fully saturated rings. The Morgan fingerprint density at radius 2 is 2.00 bits per heavy atom. The van der Waals surface area contributed by atoms with E-state index >= 15 is 0 Å². The molecule has 0 heterocycles. The molecule has 3 rings (SSSR count). The Balaban J connectivity index is 1.85. The van der Waals surface area contributed by atoms with Crippen LogP contribution in [0.3, 0.4) is 0 Å². The van der Waals surface area contributed by atoms with E-state index in [1.807, 2.05) is 13.0 Å². The third-order valence-corrected chi connectivity index (χ3v) is 5.02. The normalized spacial score (nSPS) is 13.4. The molecule has 0 bridgehead atoms. The van der Waals surface area contributed by atoms with Crippen molar-refractivity contribution in [1.82, 2.24) is 5.32 Å². The van der Waals surface area contributed by atoms with Crippen LogP contribution in [0.2, 0.25) is 0 Å². The van der Waals surface area contributed by atoms with Crippen molar-refractivity contribution in [1.29, 1.82) is 0 Å². The molecule has 1 N–H and O–H groups in total. The van der Waals surface area contributed by atoms with E-state index in [0.29, 0.717) is 6.54 Å². The summed E-state index contributed by atoms with van der Waals surface area (Å²) in [5.41, 5.74) is 3.71. The predicted molar refractivity (Wildman–Crippen MR) is 86.4 cm³/mol. The van der Waals surface area contributed by atoms with Crippen LogP contribution in [-0.2, 0) is 19.4 Å². The van der Waals surface area contributed by atoms with Crippen molar-refractivity contribution in [3.8, 4) is 0 Å². The van der Waals surface area contributed by atoms with Gasteiger partial charge in [-0.2, -0.15) is 0 Å². The first-order chi connectivity index (χ1) is 10.3. The number of benzene rings is 2. The molecule has 1 nitrogen and oxygen atoms in total. The fraction of sp³-hybridized carbons (Fsp3) is 0.333. The van der Waals surface area contributed by atoms with E-state index < -0.39 is 0 Å². The Morgan fingerprint density at radius 1 is 1.14 bits per heavy atom. The number of hydrogen-bond acceptors (Lipinski definition) is 2. The summed E-state index contributed by atoms with van der Waals surface area (Å²) in [5.74, 6) is -0.123. The highest BCUT2D eigenvalue weighted by Gasteiger charge is 2.13. The second kappa shape index (κ2) is 6.63. The zero-order chi connectivity index (χ0) is 14.7. The smallest absolute Gasteiger partial charge is 0.128 e. The van der Waals surface area contributed by atoms with Crippen molar-refractivity contribution >= 4 is 11.8 Å². The standard InChI is InChI=1S/C18H20FNS/c1-2-20-12-16-17(19)7-4-8-18(16)21-15-10-9-13-5-3-6-14(13)11-15/h4,7-11,20H,2-3,5-6,12H2,1H3. The van der Waals surface area contributed by atoms with Crippen LogP contribution >= 0.6 is 11.8 Å². The van der Waals surface area contributed by atoms with E-state index in [1.54, 1.807) is 23.9 Å². The summed E-state index contributed by atoms with van der Waals surface area (Å²) in [7, 11) is 0. The highest BCUT2D eigenvalue weighted by Crippen LogP contribution is 2.34. The van der Waals surface area contributed by atoms with E-state index in [9.17, 15) is 4.39 Å². The average molecular weight is 301 g/mol. The summed E-state index contributed by atoms with van der Waals surface area (Å²) in [4.78, 5) is 2.22. The number of fused-ring (bicyclic) bond motifs is 1. The summed E-state index contributed by atoms with van der Waals surface area (Å²) in [6.45, 7) is 3.46. The van der Waals surface area contributed by atoms with Gasteiger partial charge in [0.05, 0.1) is 0 Å². The summed E-state index contributed by atoms with van der Waals surface area (Å²) < 4.78 is 14.0. The molecular weight excluding hydrogens is 281 g/mol. The zero-order valence-electron chi connectivity index (χ0n) is 12.3. The number of nitrogens with one attached hydrogen (secondary N) is 1. The van der Waals surface area contributed by atoms with Crippen LogP contribution < -0.4 is 5.32 Å². The molecule has 0 radical (unpaired) electrons. The molecule has 0 atom stereocenters. The largest absolute Gasteiger partial charge is 0.313 e. The molecule has 0 aliphatic heterocycles. The molecule has 1 aliphatic carbocycles. The minimum atomic E-state index is -0.123. The number of aryl methyl sites for hydroxylation is 2. The van der Waals surface area contributed by atoms with Crippen molar-refractivity contribution in [2.24, 2.45) is 0 Å². The molecule has 0 saturated carbocycles. The van der Waals surface area contributed by atoms with E-state index in [-0.39, 0.29) is 5.82 Å². The lowest BCUT2D eigenvalue weighted by atomic mass is 10.1. The lowest BCUT2D eigenvalue weighted by Crippen LogP contribution is -2.13. The Kier molecular flexibility index (Phi) is 4.61. The van der Waals surface area contributed by atoms with Crippen molar-refractivity contribution in [2.75, 3.05) is 6.54 Å². The molecule has 0 saturated heterocycles. The maximum atomic E-state index is 14.0. The number of hydrogen-bond donors (Lipinski definition) is 1. The minimum Gasteiger partial charge on any atom is -0.313 e. The van der Waals surface area contributed by atoms with Gasteiger partial charge in [0, 0.05) is 21.9 Å². The molecule has 0 spiro atoms. The van der Waals surface area contributed by atoms with Crippen LogP contribution in [0.5, 0.6) is 0 Å². The van der Waals surface area contributed by atoms with Crippen LogP contribution in [0.1, 0.15) is 30.0 Å². The van der Waals surface area contributed by atoms with Crippen molar-refractivity contribution in [3.63, 3.8) is 0 Å². The van der Waals surface area contributed by atoms with Crippen LogP contribution in [0.15, 0.2) is 46.2 Å². The van der Waals surface area contributed by atoms with Gasteiger partial charge in [0.1, 0.15) is 5.82 Å². The van der Waals surface area contributed by atoms with Crippen LogP contribution in [0, 0.1) is 5.82 Å². The first-order valence-electron chi connectivity index (χ1n) is 7.55. The Bertz CT molecular complexity index is 639. The van der Waals surface area contributed by atoms with E-state index in [1.165, 1.54) is 35.3 Å². The van der Waals surface area contributed by atoms with Gasteiger partial charge in [-0.05, 0) is 61.2 Å². The van der Waals surface area contributed by atoms with Gasteiger partial charge >= 0.3 is 0 Å².